The Morgan fingerprint density at radius 2 is 2.11 bits per heavy atom. The van der Waals surface area contributed by atoms with Gasteiger partial charge in [-0.25, -0.2) is 9.59 Å². The summed E-state index contributed by atoms with van der Waals surface area (Å²) in [6, 6.07) is 0. The zero-order chi connectivity index (χ0) is 13.7. The SMILES string of the molecule is COC(=O)c1scc(C)c1NC(=O)OCC(C)C. The average molecular weight is 271 g/mol. The number of hydrogen-bond acceptors (Lipinski definition) is 5. The molecule has 0 radical (unpaired) electrons. The molecular formula is C12H17NO4S. The van der Waals surface area contributed by atoms with E-state index < -0.39 is 12.1 Å². The summed E-state index contributed by atoms with van der Waals surface area (Å²) in [7, 11) is 1.30. The summed E-state index contributed by atoms with van der Waals surface area (Å²) in [5, 5.41) is 4.36. The highest BCUT2D eigenvalue weighted by Gasteiger charge is 2.19. The molecule has 0 atom stereocenters. The summed E-state index contributed by atoms with van der Waals surface area (Å²) < 4.78 is 9.65. The molecule has 0 bridgehead atoms. The topological polar surface area (TPSA) is 64.6 Å². The van der Waals surface area contributed by atoms with Crippen LogP contribution in [0.3, 0.4) is 0 Å². The Kier molecular flexibility index (Phi) is 5.15. The Hall–Kier alpha value is -1.56. The lowest BCUT2D eigenvalue weighted by atomic mass is 10.2. The van der Waals surface area contributed by atoms with Crippen LogP contribution < -0.4 is 5.32 Å². The first kappa shape index (κ1) is 14.5. The van der Waals surface area contributed by atoms with Crippen LogP contribution in [0, 0.1) is 12.8 Å². The van der Waals surface area contributed by atoms with Crippen molar-refractivity contribution in [2.75, 3.05) is 19.0 Å². The van der Waals surface area contributed by atoms with Gasteiger partial charge in [-0.05, 0) is 23.8 Å². The third-order valence-corrected chi connectivity index (χ3v) is 3.20. The van der Waals surface area contributed by atoms with Crippen molar-refractivity contribution in [2.45, 2.75) is 20.8 Å². The fourth-order valence-corrected chi connectivity index (χ4v) is 2.14. The molecule has 1 rings (SSSR count). The van der Waals surface area contributed by atoms with E-state index in [1.165, 1.54) is 18.4 Å². The molecule has 1 N–H and O–H groups in total. The lowest BCUT2D eigenvalue weighted by molar-refractivity contribution is 0.0607. The summed E-state index contributed by atoms with van der Waals surface area (Å²) in [5.74, 6) is -0.202. The van der Waals surface area contributed by atoms with Crippen LogP contribution in [0.4, 0.5) is 10.5 Å². The van der Waals surface area contributed by atoms with Crippen LogP contribution in [0.5, 0.6) is 0 Å². The minimum atomic E-state index is -0.560. The molecule has 0 aromatic carbocycles. The minimum Gasteiger partial charge on any atom is -0.465 e. The second kappa shape index (κ2) is 6.39. The predicted octanol–water partition coefficient (Wildman–Crippen LogP) is 3.05. The minimum absolute atomic E-state index is 0.263. The van der Waals surface area contributed by atoms with E-state index in [1.807, 2.05) is 13.8 Å². The molecule has 1 amide bonds. The fourth-order valence-electron chi connectivity index (χ4n) is 1.22. The first-order chi connectivity index (χ1) is 8.45. The third kappa shape index (κ3) is 3.73. The van der Waals surface area contributed by atoms with Crippen molar-refractivity contribution in [3.63, 3.8) is 0 Å². The number of amides is 1. The molecule has 100 valence electrons. The number of carbonyl (C=O) groups is 2. The van der Waals surface area contributed by atoms with Crippen LogP contribution in [0.25, 0.3) is 0 Å². The van der Waals surface area contributed by atoms with Gasteiger partial charge in [0.05, 0.1) is 19.4 Å². The predicted molar refractivity (Wildman–Crippen MR) is 70.2 cm³/mol. The number of anilines is 1. The van der Waals surface area contributed by atoms with Gasteiger partial charge in [0.25, 0.3) is 0 Å². The van der Waals surface area contributed by atoms with Crippen LogP contribution >= 0.6 is 11.3 Å². The maximum Gasteiger partial charge on any atom is 0.411 e. The molecule has 0 spiro atoms. The quantitative estimate of drug-likeness (QED) is 0.855. The van der Waals surface area contributed by atoms with Gasteiger partial charge in [-0.15, -0.1) is 11.3 Å². The van der Waals surface area contributed by atoms with Crippen LogP contribution in [-0.2, 0) is 9.47 Å². The Morgan fingerprint density at radius 3 is 2.67 bits per heavy atom. The normalized spacial score (nSPS) is 10.3. The Balaban J connectivity index is 2.74. The molecule has 5 nitrogen and oxygen atoms in total. The highest BCUT2D eigenvalue weighted by molar-refractivity contribution is 7.12. The molecule has 6 heteroatoms. The van der Waals surface area contributed by atoms with Gasteiger partial charge < -0.3 is 9.47 Å². The number of ether oxygens (including phenoxy) is 2. The zero-order valence-electron chi connectivity index (χ0n) is 10.9. The van der Waals surface area contributed by atoms with Crippen molar-refractivity contribution in [3.05, 3.63) is 15.8 Å². The van der Waals surface area contributed by atoms with Crippen molar-refractivity contribution >= 4 is 29.1 Å². The smallest absolute Gasteiger partial charge is 0.411 e. The van der Waals surface area contributed by atoms with Crippen molar-refractivity contribution in [1.29, 1.82) is 0 Å². The molecule has 1 heterocycles. The molecule has 0 saturated carbocycles. The molecule has 0 aliphatic carbocycles. The van der Waals surface area contributed by atoms with Gasteiger partial charge in [0, 0.05) is 0 Å². The lowest BCUT2D eigenvalue weighted by Gasteiger charge is -2.09. The van der Waals surface area contributed by atoms with E-state index in [1.54, 1.807) is 12.3 Å². The summed E-state index contributed by atoms with van der Waals surface area (Å²) in [6.45, 7) is 6.04. The fraction of sp³-hybridized carbons (Fsp3) is 0.500. The third-order valence-electron chi connectivity index (χ3n) is 2.12. The van der Waals surface area contributed by atoms with Gasteiger partial charge in [0.15, 0.2) is 0 Å². The number of hydrogen-bond donors (Lipinski definition) is 1. The summed E-state index contributed by atoms with van der Waals surface area (Å²) in [6.07, 6.45) is -0.560. The highest BCUT2D eigenvalue weighted by atomic mass is 32.1. The molecule has 0 unspecified atom stereocenters. The Bertz CT molecular complexity index is 439. The molecular weight excluding hydrogens is 254 g/mol. The van der Waals surface area contributed by atoms with E-state index in [-0.39, 0.29) is 5.92 Å². The van der Waals surface area contributed by atoms with Crippen LogP contribution in [-0.4, -0.2) is 25.8 Å². The van der Waals surface area contributed by atoms with Gasteiger partial charge >= 0.3 is 12.1 Å². The lowest BCUT2D eigenvalue weighted by Crippen LogP contribution is -2.18. The van der Waals surface area contributed by atoms with Gasteiger partial charge in [0.1, 0.15) is 4.88 Å². The molecule has 1 aromatic heterocycles. The summed E-state index contributed by atoms with van der Waals surface area (Å²) in [5.41, 5.74) is 1.27. The van der Waals surface area contributed by atoms with E-state index in [2.05, 4.69) is 10.1 Å². The van der Waals surface area contributed by atoms with Gasteiger partial charge in [-0.1, -0.05) is 13.8 Å². The van der Waals surface area contributed by atoms with Gasteiger partial charge in [-0.2, -0.15) is 0 Å². The van der Waals surface area contributed by atoms with Gasteiger partial charge in [0.2, 0.25) is 0 Å². The standard InChI is InChI=1S/C12H17NO4S/c1-7(2)5-17-12(15)13-9-8(3)6-18-10(9)11(14)16-4/h6-7H,5H2,1-4H3,(H,13,15). The number of carbonyl (C=O) groups excluding carboxylic acids is 2. The molecule has 18 heavy (non-hydrogen) atoms. The second-order valence-electron chi connectivity index (χ2n) is 4.23. The number of nitrogens with one attached hydrogen (secondary N) is 1. The number of esters is 1. The zero-order valence-corrected chi connectivity index (χ0v) is 11.7. The second-order valence-corrected chi connectivity index (χ2v) is 5.11. The molecule has 1 aromatic rings. The largest absolute Gasteiger partial charge is 0.465 e. The number of thiophene rings is 1. The Morgan fingerprint density at radius 1 is 1.44 bits per heavy atom. The summed E-state index contributed by atoms with van der Waals surface area (Å²) in [4.78, 5) is 23.4. The van der Waals surface area contributed by atoms with Crippen LogP contribution in [0.1, 0.15) is 29.1 Å². The van der Waals surface area contributed by atoms with Crippen LogP contribution in [0.2, 0.25) is 0 Å². The first-order valence-corrected chi connectivity index (χ1v) is 6.43. The van der Waals surface area contributed by atoms with Crippen molar-refractivity contribution in [3.8, 4) is 0 Å². The molecule has 0 saturated heterocycles. The van der Waals surface area contributed by atoms with E-state index in [0.717, 1.165) is 5.56 Å². The highest BCUT2D eigenvalue weighted by Crippen LogP contribution is 2.28. The maximum atomic E-state index is 11.5. The number of rotatable bonds is 4. The Labute approximate surface area is 110 Å². The van der Waals surface area contributed by atoms with E-state index in [9.17, 15) is 9.59 Å². The van der Waals surface area contributed by atoms with Crippen LogP contribution in [0.15, 0.2) is 5.38 Å². The van der Waals surface area contributed by atoms with Crippen molar-refractivity contribution in [2.24, 2.45) is 5.92 Å². The van der Waals surface area contributed by atoms with Gasteiger partial charge in [-0.3, -0.25) is 5.32 Å². The number of aryl methyl sites for hydroxylation is 1. The average Bonchev–Trinajstić information content (AvgIpc) is 2.68. The first-order valence-electron chi connectivity index (χ1n) is 5.55. The molecule has 0 fully saturated rings. The number of methoxy groups -OCH3 is 1. The maximum absolute atomic E-state index is 11.5. The van der Waals surface area contributed by atoms with Crippen molar-refractivity contribution < 1.29 is 19.1 Å². The molecule has 0 aliphatic heterocycles. The van der Waals surface area contributed by atoms with E-state index >= 15 is 0 Å². The van der Waals surface area contributed by atoms with E-state index in [4.69, 9.17) is 4.74 Å². The monoisotopic (exact) mass is 271 g/mol. The summed E-state index contributed by atoms with van der Waals surface area (Å²) >= 11 is 1.23. The molecule has 0 aliphatic rings. The van der Waals surface area contributed by atoms with E-state index in [0.29, 0.717) is 17.2 Å². The van der Waals surface area contributed by atoms with Crippen molar-refractivity contribution in [1.82, 2.24) is 0 Å².